The average Bonchev–Trinajstić information content (AvgIpc) is 3.34. The van der Waals surface area contributed by atoms with Crippen LogP contribution in [0.2, 0.25) is 0 Å². The van der Waals surface area contributed by atoms with Crippen molar-refractivity contribution in [2.45, 2.75) is 50.9 Å². The predicted molar refractivity (Wildman–Crippen MR) is 85.1 cm³/mol. The van der Waals surface area contributed by atoms with Gasteiger partial charge in [-0.15, -0.1) is 0 Å². The number of aromatic nitrogens is 2. The second kappa shape index (κ2) is 5.14. The Labute approximate surface area is 125 Å². The lowest BCUT2D eigenvalue weighted by atomic mass is 10.0. The summed E-state index contributed by atoms with van der Waals surface area (Å²) < 4.78 is 0. The minimum Gasteiger partial charge on any atom is -0.383 e. The monoisotopic (exact) mass is 279 g/mol. The molecule has 1 aromatic carbocycles. The van der Waals surface area contributed by atoms with Gasteiger partial charge >= 0.3 is 0 Å². The van der Waals surface area contributed by atoms with Gasteiger partial charge in [0.25, 0.3) is 0 Å². The summed E-state index contributed by atoms with van der Waals surface area (Å²) >= 11 is 0. The molecule has 2 N–H and O–H groups in total. The summed E-state index contributed by atoms with van der Waals surface area (Å²) in [6.45, 7) is 0. The maximum absolute atomic E-state index is 6.24. The molecule has 1 fully saturated rings. The van der Waals surface area contributed by atoms with Crippen LogP contribution in [0.25, 0.3) is 11.4 Å². The fourth-order valence-electron chi connectivity index (χ4n) is 3.37. The molecule has 0 amide bonds. The van der Waals surface area contributed by atoms with Gasteiger partial charge in [-0.1, -0.05) is 30.7 Å². The lowest BCUT2D eigenvalue weighted by Gasteiger charge is -2.12. The standard InChI is InChI=1S/C18H21N3/c19-17-15-8-2-1-3-9-16(15)20-18(21-17)14-7-5-4-6-13(14)12-10-11-12/h4-7,12H,1-3,8-11H2,(H2,19,20,21). The molecule has 2 aliphatic carbocycles. The number of nitrogen functional groups attached to an aromatic ring is 1. The first-order valence-corrected chi connectivity index (χ1v) is 8.07. The molecule has 0 radical (unpaired) electrons. The van der Waals surface area contributed by atoms with Crippen molar-refractivity contribution in [3.05, 3.63) is 41.1 Å². The third-order valence-corrected chi connectivity index (χ3v) is 4.68. The minimum atomic E-state index is 0.697. The molecule has 0 atom stereocenters. The highest BCUT2D eigenvalue weighted by molar-refractivity contribution is 5.64. The Morgan fingerprint density at radius 1 is 0.952 bits per heavy atom. The van der Waals surface area contributed by atoms with Crippen molar-refractivity contribution in [2.24, 2.45) is 0 Å². The van der Waals surface area contributed by atoms with E-state index in [1.807, 2.05) is 0 Å². The molecule has 0 saturated heterocycles. The van der Waals surface area contributed by atoms with Crippen LogP contribution < -0.4 is 5.73 Å². The van der Waals surface area contributed by atoms with Gasteiger partial charge in [-0.3, -0.25) is 0 Å². The number of hydrogen-bond acceptors (Lipinski definition) is 3. The van der Waals surface area contributed by atoms with Crippen LogP contribution in [-0.2, 0) is 12.8 Å². The number of anilines is 1. The molecule has 0 unspecified atom stereocenters. The summed E-state index contributed by atoms with van der Waals surface area (Å²) in [7, 11) is 0. The molecule has 21 heavy (non-hydrogen) atoms. The summed E-state index contributed by atoms with van der Waals surface area (Å²) in [5.41, 5.74) is 11.2. The molecule has 108 valence electrons. The molecule has 2 aromatic rings. The zero-order chi connectivity index (χ0) is 14.2. The van der Waals surface area contributed by atoms with E-state index in [-0.39, 0.29) is 0 Å². The van der Waals surface area contributed by atoms with Crippen LogP contribution in [0.4, 0.5) is 5.82 Å². The van der Waals surface area contributed by atoms with Crippen LogP contribution in [0.15, 0.2) is 24.3 Å². The van der Waals surface area contributed by atoms with Crippen LogP contribution in [0, 0.1) is 0 Å². The molecule has 0 aliphatic heterocycles. The van der Waals surface area contributed by atoms with Crippen molar-refractivity contribution >= 4 is 5.82 Å². The molecular weight excluding hydrogens is 258 g/mol. The molecule has 3 heteroatoms. The van der Waals surface area contributed by atoms with Crippen LogP contribution in [0.3, 0.4) is 0 Å². The SMILES string of the molecule is Nc1nc(-c2ccccc2C2CC2)nc2c1CCCCC2. The summed E-state index contributed by atoms with van der Waals surface area (Å²) in [5, 5.41) is 0. The van der Waals surface area contributed by atoms with Crippen molar-refractivity contribution in [1.29, 1.82) is 0 Å². The van der Waals surface area contributed by atoms with Crippen molar-refractivity contribution in [2.75, 3.05) is 5.73 Å². The predicted octanol–water partition coefficient (Wildman–Crippen LogP) is 3.87. The third kappa shape index (κ3) is 2.41. The quantitative estimate of drug-likeness (QED) is 0.849. The molecule has 1 saturated carbocycles. The van der Waals surface area contributed by atoms with Gasteiger partial charge in [0.2, 0.25) is 0 Å². The summed E-state index contributed by atoms with van der Waals surface area (Å²) in [6.07, 6.45) is 8.34. The fourth-order valence-corrected chi connectivity index (χ4v) is 3.37. The molecule has 0 spiro atoms. The van der Waals surface area contributed by atoms with Gasteiger partial charge in [-0.25, -0.2) is 9.97 Å². The Hall–Kier alpha value is -1.90. The van der Waals surface area contributed by atoms with Gasteiger partial charge in [0.1, 0.15) is 5.82 Å². The van der Waals surface area contributed by atoms with Crippen LogP contribution in [0.5, 0.6) is 0 Å². The molecule has 4 rings (SSSR count). The van der Waals surface area contributed by atoms with Gasteiger partial charge in [0, 0.05) is 16.8 Å². The number of hydrogen-bond donors (Lipinski definition) is 1. The molecule has 0 bridgehead atoms. The second-order valence-corrected chi connectivity index (χ2v) is 6.28. The highest BCUT2D eigenvalue weighted by Crippen LogP contribution is 2.44. The minimum absolute atomic E-state index is 0.697. The number of fused-ring (bicyclic) bond motifs is 1. The lowest BCUT2D eigenvalue weighted by Crippen LogP contribution is -2.07. The first-order valence-electron chi connectivity index (χ1n) is 8.07. The Kier molecular flexibility index (Phi) is 3.13. The number of rotatable bonds is 2. The van der Waals surface area contributed by atoms with E-state index in [1.165, 1.54) is 54.5 Å². The first-order chi connectivity index (χ1) is 10.3. The Bertz CT molecular complexity index is 674. The summed E-state index contributed by atoms with van der Waals surface area (Å²) in [5.74, 6) is 2.22. The van der Waals surface area contributed by atoms with Crippen molar-refractivity contribution in [1.82, 2.24) is 9.97 Å². The highest BCUT2D eigenvalue weighted by atomic mass is 15.0. The zero-order valence-electron chi connectivity index (χ0n) is 12.3. The van der Waals surface area contributed by atoms with Crippen LogP contribution in [-0.4, -0.2) is 9.97 Å². The largest absolute Gasteiger partial charge is 0.383 e. The van der Waals surface area contributed by atoms with E-state index < -0.39 is 0 Å². The van der Waals surface area contributed by atoms with Crippen molar-refractivity contribution < 1.29 is 0 Å². The van der Waals surface area contributed by atoms with E-state index >= 15 is 0 Å². The smallest absolute Gasteiger partial charge is 0.162 e. The Morgan fingerprint density at radius 3 is 2.62 bits per heavy atom. The normalized spacial score (nSPS) is 18.1. The lowest BCUT2D eigenvalue weighted by molar-refractivity contribution is 0.709. The highest BCUT2D eigenvalue weighted by Gasteiger charge is 2.27. The van der Waals surface area contributed by atoms with E-state index in [2.05, 4.69) is 29.2 Å². The first kappa shape index (κ1) is 12.8. The fraction of sp³-hybridized carbons (Fsp3) is 0.444. The van der Waals surface area contributed by atoms with Gasteiger partial charge < -0.3 is 5.73 Å². The zero-order valence-corrected chi connectivity index (χ0v) is 12.3. The van der Waals surface area contributed by atoms with Gasteiger partial charge in [-0.2, -0.15) is 0 Å². The van der Waals surface area contributed by atoms with Gasteiger partial charge in [0.05, 0.1) is 0 Å². The van der Waals surface area contributed by atoms with E-state index in [0.29, 0.717) is 11.7 Å². The molecule has 1 aromatic heterocycles. The maximum Gasteiger partial charge on any atom is 0.162 e. The number of nitrogens with two attached hydrogens (primary N) is 1. The van der Waals surface area contributed by atoms with Crippen molar-refractivity contribution in [3.8, 4) is 11.4 Å². The van der Waals surface area contributed by atoms with Gasteiger partial charge in [-0.05, 0) is 50.0 Å². The molecule has 2 aliphatic rings. The number of aryl methyl sites for hydroxylation is 1. The van der Waals surface area contributed by atoms with E-state index in [1.54, 1.807) is 0 Å². The van der Waals surface area contributed by atoms with E-state index in [4.69, 9.17) is 10.7 Å². The molecule has 3 nitrogen and oxygen atoms in total. The number of benzene rings is 1. The Balaban J connectivity index is 1.82. The average molecular weight is 279 g/mol. The number of nitrogens with zero attached hydrogens (tertiary/aromatic N) is 2. The summed E-state index contributed by atoms with van der Waals surface area (Å²) in [4.78, 5) is 9.52. The van der Waals surface area contributed by atoms with Crippen molar-refractivity contribution in [3.63, 3.8) is 0 Å². The topological polar surface area (TPSA) is 51.8 Å². The molecular formula is C18H21N3. The second-order valence-electron chi connectivity index (χ2n) is 6.28. The van der Waals surface area contributed by atoms with Gasteiger partial charge in [0.15, 0.2) is 5.82 Å². The van der Waals surface area contributed by atoms with Crippen LogP contribution >= 0.6 is 0 Å². The Morgan fingerprint density at radius 2 is 1.76 bits per heavy atom. The molecule has 1 heterocycles. The third-order valence-electron chi connectivity index (χ3n) is 4.68. The van der Waals surface area contributed by atoms with Crippen LogP contribution in [0.1, 0.15) is 54.8 Å². The maximum atomic E-state index is 6.24. The van der Waals surface area contributed by atoms with E-state index in [9.17, 15) is 0 Å². The van der Waals surface area contributed by atoms with E-state index in [0.717, 1.165) is 18.7 Å². The summed E-state index contributed by atoms with van der Waals surface area (Å²) in [6, 6.07) is 8.56.